The average molecular weight is 404 g/mol. The number of hydrogen-bond acceptors (Lipinski definition) is 3. The summed E-state index contributed by atoms with van der Waals surface area (Å²) < 4.78 is 11.5. The van der Waals surface area contributed by atoms with E-state index in [0.717, 1.165) is 16.8 Å². The van der Waals surface area contributed by atoms with Gasteiger partial charge >= 0.3 is 0 Å². The maximum Gasteiger partial charge on any atom is 0.161 e. The first-order valence-electron chi connectivity index (χ1n) is 9.49. The van der Waals surface area contributed by atoms with Crippen molar-refractivity contribution < 1.29 is 9.47 Å². The molecule has 0 atom stereocenters. The summed E-state index contributed by atoms with van der Waals surface area (Å²) in [4.78, 5) is 0. The van der Waals surface area contributed by atoms with E-state index in [0.29, 0.717) is 29.7 Å². The van der Waals surface area contributed by atoms with Crippen LogP contribution in [0.5, 0.6) is 11.5 Å². The van der Waals surface area contributed by atoms with Crippen molar-refractivity contribution in [1.29, 1.82) is 0 Å². The van der Waals surface area contributed by atoms with E-state index < -0.39 is 0 Å². The van der Waals surface area contributed by atoms with Crippen molar-refractivity contribution in [1.82, 2.24) is 0 Å². The lowest BCUT2D eigenvalue weighted by molar-refractivity contribution is 0.284. The van der Waals surface area contributed by atoms with Crippen LogP contribution < -0.4 is 14.8 Å². The summed E-state index contributed by atoms with van der Waals surface area (Å²) in [5.41, 5.74) is 3.17. The van der Waals surface area contributed by atoms with E-state index in [2.05, 4.69) is 47.8 Å². The molecule has 4 aromatic carbocycles. The molecule has 0 spiro atoms. The third kappa shape index (κ3) is 4.47. The molecule has 29 heavy (non-hydrogen) atoms. The number of halogens is 1. The monoisotopic (exact) mass is 403 g/mol. The summed E-state index contributed by atoms with van der Waals surface area (Å²) in [7, 11) is 1.65. The van der Waals surface area contributed by atoms with Crippen LogP contribution in [0, 0.1) is 0 Å². The molecule has 0 heterocycles. The molecule has 4 aromatic rings. The van der Waals surface area contributed by atoms with Crippen molar-refractivity contribution in [3.05, 3.63) is 101 Å². The first kappa shape index (κ1) is 19.2. The van der Waals surface area contributed by atoms with Crippen LogP contribution in [0.1, 0.15) is 11.1 Å². The highest BCUT2D eigenvalue weighted by atomic mass is 35.5. The molecule has 0 unspecified atom stereocenters. The SMILES string of the molecule is COc1cc(CNc2cccc3ccccc23)ccc1OCc1ccccc1Cl. The normalized spacial score (nSPS) is 10.7. The average Bonchev–Trinajstić information content (AvgIpc) is 2.77. The van der Waals surface area contributed by atoms with Gasteiger partial charge in [-0.2, -0.15) is 0 Å². The number of hydrogen-bond donors (Lipinski definition) is 1. The lowest BCUT2D eigenvalue weighted by Crippen LogP contribution is -2.02. The van der Waals surface area contributed by atoms with Gasteiger partial charge in [0.25, 0.3) is 0 Å². The second-order valence-corrected chi connectivity index (χ2v) is 7.15. The van der Waals surface area contributed by atoms with Crippen LogP contribution in [0.4, 0.5) is 5.69 Å². The number of rotatable bonds is 7. The molecule has 0 saturated heterocycles. The third-order valence-electron chi connectivity index (χ3n) is 4.84. The lowest BCUT2D eigenvalue weighted by atomic mass is 10.1. The lowest BCUT2D eigenvalue weighted by Gasteiger charge is -2.14. The van der Waals surface area contributed by atoms with Crippen LogP contribution in [-0.2, 0) is 13.2 Å². The van der Waals surface area contributed by atoms with Crippen molar-refractivity contribution in [3.8, 4) is 11.5 Å². The minimum absolute atomic E-state index is 0.392. The van der Waals surface area contributed by atoms with E-state index in [-0.39, 0.29) is 0 Å². The summed E-state index contributed by atoms with van der Waals surface area (Å²) in [6.45, 7) is 1.08. The van der Waals surface area contributed by atoms with Crippen molar-refractivity contribution in [2.75, 3.05) is 12.4 Å². The number of nitrogens with one attached hydrogen (secondary N) is 1. The number of benzene rings is 4. The van der Waals surface area contributed by atoms with E-state index in [1.807, 2.05) is 42.5 Å². The Bertz CT molecular complexity index is 1120. The molecule has 4 heteroatoms. The predicted octanol–water partition coefficient (Wildman–Crippen LogP) is 6.69. The Morgan fingerprint density at radius 1 is 0.828 bits per heavy atom. The maximum atomic E-state index is 6.21. The molecule has 0 aliphatic heterocycles. The van der Waals surface area contributed by atoms with E-state index in [4.69, 9.17) is 21.1 Å². The molecule has 0 saturated carbocycles. The van der Waals surface area contributed by atoms with Crippen LogP contribution in [0.15, 0.2) is 84.9 Å². The molecule has 0 bridgehead atoms. The number of methoxy groups -OCH3 is 1. The molecular formula is C25H22ClNO2. The minimum atomic E-state index is 0.392. The number of fused-ring (bicyclic) bond motifs is 1. The van der Waals surface area contributed by atoms with Crippen molar-refractivity contribution in [2.24, 2.45) is 0 Å². The highest BCUT2D eigenvalue weighted by molar-refractivity contribution is 6.31. The van der Waals surface area contributed by atoms with Crippen molar-refractivity contribution in [2.45, 2.75) is 13.2 Å². The Morgan fingerprint density at radius 2 is 1.62 bits per heavy atom. The quantitative estimate of drug-likeness (QED) is 0.372. The van der Waals surface area contributed by atoms with E-state index >= 15 is 0 Å². The Hall–Kier alpha value is -3.17. The number of ether oxygens (including phenoxy) is 2. The third-order valence-corrected chi connectivity index (χ3v) is 5.21. The van der Waals surface area contributed by atoms with Gasteiger partial charge in [0, 0.05) is 28.2 Å². The highest BCUT2D eigenvalue weighted by Gasteiger charge is 2.08. The fourth-order valence-corrected chi connectivity index (χ4v) is 3.48. The van der Waals surface area contributed by atoms with Gasteiger partial charge in [0.1, 0.15) is 6.61 Å². The topological polar surface area (TPSA) is 30.5 Å². The van der Waals surface area contributed by atoms with Crippen molar-refractivity contribution >= 4 is 28.1 Å². The second kappa shape index (κ2) is 8.89. The molecule has 0 amide bonds. The van der Waals surface area contributed by atoms with Gasteiger partial charge in [-0.05, 0) is 35.2 Å². The Labute approximate surface area is 175 Å². The summed E-state index contributed by atoms with van der Waals surface area (Å²) in [6.07, 6.45) is 0. The van der Waals surface area contributed by atoms with Crippen LogP contribution >= 0.6 is 11.6 Å². The summed E-state index contributed by atoms with van der Waals surface area (Å²) in [6, 6.07) is 28.3. The predicted molar refractivity (Wildman–Crippen MR) is 120 cm³/mol. The van der Waals surface area contributed by atoms with E-state index in [1.54, 1.807) is 7.11 Å². The number of anilines is 1. The molecular weight excluding hydrogens is 382 g/mol. The molecule has 0 fully saturated rings. The summed E-state index contributed by atoms with van der Waals surface area (Å²) in [5.74, 6) is 1.40. The fourth-order valence-electron chi connectivity index (χ4n) is 3.29. The molecule has 0 radical (unpaired) electrons. The molecule has 4 rings (SSSR count). The van der Waals surface area contributed by atoms with Crippen LogP contribution in [-0.4, -0.2) is 7.11 Å². The molecule has 0 aliphatic rings. The van der Waals surface area contributed by atoms with Gasteiger partial charge in [0.2, 0.25) is 0 Å². The first-order valence-corrected chi connectivity index (χ1v) is 9.87. The largest absolute Gasteiger partial charge is 0.493 e. The van der Waals surface area contributed by atoms with Gasteiger partial charge < -0.3 is 14.8 Å². The minimum Gasteiger partial charge on any atom is -0.493 e. The first-order chi connectivity index (χ1) is 14.2. The Kier molecular flexibility index (Phi) is 5.87. The maximum absolute atomic E-state index is 6.21. The van der Waals surface area contributed by atoms with Gasteiger partial charge in [0.05, 0.1) is 7.11 Å². The van der Waals surface area contributed by atoms with Crippen molar-refractivity contribution in [3.63, 3.8) is 0 Å². The molecule has 0 aliphatic carbocycles. The van der Waals surface area contributed by atoms with Gasteiger partial charge in [-0.25, -0.2) is 0 Å². The van der Waals surface area contributed by atoms with Gasteiger partial charge in [0.15, 0.2) is 11.5 Å². The van der Waals surface area contributed by atoms with E-state index in [9.17, 15) is 0 Å². The molecule has 1 N–H and O–H groups in total. The zero-order chi connectivity index (χ0) is 20.1. The molecule has 146 valence electrons. The summed E-state index contributed by atoms with van der Waals surface area (Å²) >= 11 is 6.21. The van der Waals surface area contributed by atoms with Gasteiger partial charge in [-0.15, -0.1) is 0 Å². The van der Waals surface area contributed by atoms with Gasteiger partial charge in [-0.3, -0.25) is 0 Å². The van der Waals surface area contributed by atoms with Gasteiger partial charge in [-0.1, -0.05) is 72.3 Å². The fraction of sp³-hybridized carbons (Fsp3) is 0.120. The zero-order valence-electron chi connectivity index (χ0n) is 16.2. The van der Waals surface area contributed by atoms with Crippen LogP contribution in [0.2, 0.25) is 5.02 Å². The molecule has 3 nitrogen and oxygen atoms in total. The summed E-state index contributed by atoms with van der Waals surface area (Å²) in [5, 5.41) is 6.65. The second-order valence-electron chi connectivity index (χ2n) is 6.75. The smallest absolute Gasteiger partial charge is 0.161 e. The standard InChI is InChI=1S/C25H22ClNO2/c1-28-25-15-18(13-14-24(25)29-17-20-8-3-5-11-22(20)26)16-27-23-12-6-9-19-7-2-4-10-21(19)23/h2-15,27H,16-17H2,1H3. The highest BCUT2D eigenvalue weighted by Crippen LogP contribution is 2.30. The van der Waals surface area contributed by atoms with Crippen LogP contribution in [0.3, 0.4) is 0 Å². The van der Waals surface area contributed by atoms with E-state index in [1.165, 1.54) is 10.8 Å². The zero-order valence-corrected chi connectivity index (χ0v) is 16.9. The van der Waals surface area contributed by atoms with Crippen LogP contribution in [0.25, 0.3) is 10.8 Å². The Balaban J connectivity index is 1.47. The Morgan fingerprint density at radius 3 is 2.48 bits per heavy atom. The molecule has 0 aromatic heterocycles.